The van der Waals surface area contributed by atoms with Gasteiger partial charge in [0.25, 0.3) is 0 Å². The number of cyclic esters (lactones) is 1. The van der Waals surface area contributed by atoms with Crippen LogP contribution in [0.3, 0.4) is 0 Å². The third-order valence-corrected chi connectivity index (χ3v) is 4.48. The zero-order valence-electron chi connectivity index (χ0n) is 14.5. The SMILES string of the molecule is COc1nc(-c2ccc(C)o2)c2c(n1)C(Cc1cc(Cl)ccc1F)OC2=O. The van der Waals surface area contributed by atoms with E-state index in [4.69, 9.17) is 25.5 Å². The van der Waals surface area contributed by atoms with Gasteiger partial charge >= 0.3 is 12.0 Å². The molecular formula is C19H14ClFN2O4. The third kappa shape index (κ3) is 3.14. The van der Waals surface area contributed by atoms with Crippen molar-refractivity contribution in [2.75, 3.05) is 7.11 Å². The Morgan fingerprint density at radius 3 is 2.78 bits per heavy atom. The number of hydrogen-bond donors (Lipinski definition) is 0. The number of furan rings is 1. The van der Waals surface area contributed by atoms with Crippen LogP contribution in [0.4, 0.5) is 4.39 Å². The first-order valence-electron chi connectivity index (χ1n) is 8.14. The van der Waals surface area contributed by atoms with Gasteiger partial charge in [0.05, 0.1) is 7.11 Å². The van der Waals surface area contributed by atoms with E-state index in [-0.39, 0.29) is 23.7 Å². The van der Waals surface area contributed by atoms with Crippen molar-refractivity contribution in [1.29, 1.82) is 0 Å². The first kappa shape index (κ1) is 17.5. The predicted molar refractivity (Wildman–Crippen MR) is 94.3 cm³/mol. The number of halogens is 2. The van der Waals surface area contributed by atoms with Crippen molar-refractivity contribution >= 4 is 17.6 Å². The van der Waals surface area contributed by atoms with Crippen LogP contribution in [0, 0.1) is 12.7 Å². The molecule has 2 aromatic heterocycles. The maximum atomic E-state index is 14.1. The summed E-state index contributed by atoms with van der Waals surface area (Å²) in [7, 11) is 1.42. The number of benzene rings is 1. The van der Waals surface area contributed by atoms with Gasteiger partial charge in [-0.15, -0.1) is 0 Å². The molecule has 1 atom stereocenters. The second-order valence-corrected chi connectivity index (χ2v) is 6.50. The van der Waals surface area contributed by atoms with Gasteiger partial charge in [-0.3, -0.25) is 0 Å². The van der Waals surface area contributed by atoms with Crippen molar-refractivity contribution in [3.63, 3.8) is 0 Å². The minimum Gasteiger partial charge on any atom is -0.467 e. The van der Waals surface area contributed by atoms with Crippen LogP contribution >= 0.6 is 11.6 Å². The Kier molecular flexibility index (Phi) is 4.31. The summed E-state index contributed by atoms with van der Waals surface area (Å²) in [4.78, 5) is 21.0. The van der Waals surface area contributed by atoms with E-state index in [1.165, 1.54) is 25.3 Å². The molecule has 27 heavy (non-hydrogen) atoms. The molecule has 3 heterocycles. The van der Waals surface area contributed by atoms with Crippen LogP contribution < -0.4 is 4.74 Å². The van der Waals surface area contributed by atoms with E-state index in [0.717, 1.165) is 0 Å². The molecule has 1 aromatic carbocycles. The molecule has 1 unspecified atom stereocenters. The minimum atomic E-state index is -0.785. The van der Waals surface area contributed by atoms with Gasteiger partial charge in [0.15, 0.2) is 5.76 Å². The highest BCUT2D eigenvalue weighted by molar-refractivity contribution is 6.30. The maximum Gasteiger partial charge on any atom is 0.343 e. The zero-order chi connectivity index (χ0) is 19.1. The second-order valence-electron chi connectivity index (χ2n) is 6.06. The number of ether oxygens (including phenoxy) is 2. The van der Waals surface area contributed by atoms with Gasteiger partial charge in [-0.05, 0) is 42.8 Å². The number of fused-ring (bicyclic) bond motifs is 1. The van der Waals surface area contributed by atoms with E-state index in [2.05, 4.69) is 9.97 Å². The number of hydrogen-bond acceptors (Lipinski definition) is 6. The Balaban J connectivity index is 1.81. The van der Waals surface area contributed by atoms with Gasteiger partial charge < -0.3 is 13.9 Å². The second kappa shape index (κ2) is 6.66. The Morgan fingerprint density at radius 2 is 2.07 bits per heavy atom. The molecule has 0 saturated heterocycles. The van der Waals surface area contributed by atoms with E-state index < -0.39 is 17.9 Å². The molecule has 0 N–H and O–H groups in total. The number of carbonyl (C=O) groups excluding carboxylic acids is 1. The molecule has 138 valence electrons. The van der Waals surface area contributed by atoms with Gasteiger partial charge in [-0.2, -0.15) is 9.97 Å². The van der Waals surface area contributed by atoms with Crippen molar-refractivity contribution in [2.24, 2.45) is 0 Å². The van der Waals surface area contributed by atoms with Gasteiger partial charge in [0.2, 0.25) is 0 Å². The number of aromatic nitrogens is 2. The lowest BCUT2D eigenvalue weighted by molar-refractivity contribution is 0.0380. The number of rotatable bonds is 4. The molecule has 0 bridgehead atoms. The summed E-state index contributed by atoms with van der Waals surface area (Å²) in [6.45, 7) is 1.78. The molecule has 0 saturated carbocycles. The van der Waals surface area contributed by atoms with Gasteiger partial charge in [0.1, 0.15) is 34.6 Å². The van der Waals surface area contributed by atoms with Gasteiger partial charge in [0, 0.05) is 11.4 Å². The van der Waals surface area contributed by atoms with Crippen LogP contribution in [0.1, 0.15) is 33.5 Å². The summed E-state index contributed by atoms with van der Waals surface area (Å²) >= 11 is 5.95. The molecule has 0 radical (unpaired) electrons. The van der Waals surface area contributed by atoms with E-state index in [9.17, 15) is 9.18 Å². The molecule has 8 heteroatoms. The average Bonchev–Trinajstić information content (AvgIpc) is 3.21. The number of aryl methyl sites for hydroxylation is 1. The summed E-state index contributed by atoms with van der Waals surface area (Å²) < 4.78 is 30.3. The first-order valence-corrected chi connectivity index (χ1v) is 8.51. The van der Waals surface area contributed by atoms with E-state index in [0.29, 0.717) is 27.8 Å². The fourth-order valence-electron chi connectivity index (χ4n) is 3.00. The minimum absolute atomic E-state index is 0.0627. The van der Waals surface area contributed by atoms with Gasteiger partial charge in [-0.1, -0.05) is 11.6 Å². The van der Waals surface area contributed by atoms with Crippen LogP contribution in [-0.4, -0.2) is 23.0 Å². The molecule has 1 aliphatic rings. The summed E-state index contributed by atoms with van der Waals surface area (Å²) in [6, 6.07) is 7.75. The monoisotopic (exact) mass is 388 g/mol. The molecule has 4 rings (SSSR count). The van der Waals surface area contributed by atoms with E-state index in [1.807, 2.05) is 0 Å². The fraction of sp³-hybridized carbons (Fsp3) is 0.211. The number of esters is 1. The molecule has 0 spiro atoms. The van der Waals surface area contributed by atoms with E-state index in [1.54, 1.807) is 19.1 Å². The summed E-state index contributed by atoms with van der Waals surface area (Å²) in [6.07, 6.45) is -0.700. The number of nitrogens with zero attached hydrogens (tertiary/aromatic N) is 2. The largest absolute Gasteiger partial charge is 0.467 e. The molecule has 0 fully saturated rings. The van der Waals surface area contributed by atoms with Crippen LogP contribution in [0.25, 0.3) is 11.5 Å². The highest BCUT2D eigenvalue weighted by Gasteiger charge is 2.38. The Morgan fingerprint density at radius 1 is 1.26 bits per heavy atom. The molecule has 6 nitrogen and oxygen atoms in total. The van der Waals surface area contributed by atoms with Crippen LogP contribution in [0.15, 0.2) is 34.7 Å². The smallest absolute Gasteiger partial charge is 0.343 e. The van der Waals surface area contributed by atoms with Crippen molar-refractivity contribution in [1.82, 2.24) is 9.97 Å². The molecule has 0 aliphatic carbocycles. The Hall–Kier alpha value is -2.93. The highest BCUT2D eigenvalue weighted by atomic mass is 35.5. The topological polar surface area (TPSA) is 74.5 Å². The normalized spacial score (nSPS) is 15.6. The van der Waals surface area contributed by atoms with Crippen molar-refractivity contribution in [3.8, 4) is 17.5 Å². The van der Waals surface area contributed by atoms with Crippen LogP contribution in [0.5, 0.6) is 6.01 Å². The highest BCUT2D eigenvalue weighted by Crippen LogP contribution is 2.38. The van der Waals surface area contributed by atoms with Crippen LogP contribution in [-0.2, 0) is 11.2 Å². The van der Waals surface area contributed by atoms with Crippen LogP contribution in [0.2, 0.25) is 5.02 Å². The van der Waals surface area contributed by atoms with Gasteiger partial charge in [-0.25, -0.2) is 9.18 Å². The van der Waals surface area contributed by atoms with Crippen molar-refractivity contribution in [2.45, 2.75) is 19.4 Å². The standard InChI is InChI=1S/C19H14ClFN2O4/c1-9-3-6-13(26-9)16-15-17(23-19(22-16)25-2)14(27-18(15)24)8-10-7-11(20)4-5-12(10)21/h3-7,14H,8H2,1-2H3. The summed E-state index contributed by atoms with van der Waals surface area (Å²) in [5.74, 6) is 0.0344. The Labute approximate surface area is 158 Å². The van der Waals surface area contributed by atoms with Crippen molar-refractivity contribution in [3.05, 3.63) is 63.8 Å². The average molecular weight is 389 g/mol. The number of methoxy groups -OCH3 is 1. The Bertz CT molecular complexity index is 1050. The lowest BCUT2D eigenvalue weighted by Crippen LogP contribution is -2.07. The predicted octanol–water partition coefficient (Wildman–Crippen LogP) is 4.30. The quantitative estimate of drug-likeness (QED) is 0.620. The summed E-state index contributed by atoms with van der Waals surface area (Å²) in [5.41, 5.74) is 1.12. The fourth-order valence-corrected chi connectivity index (χ4v) is 3.20. The molecule has 1 aliphatic heterocycles. The third-order valence-electron chi connectivity index (χ3n) is 4.24. The molecule has 0 amide bonds. The van der Waals surface area contributed by atoms with Crippen molar-refractivity contribution < 1.29 is 23.1 Å². The lowest BCUT2D eigenvalue weighted by atomic mass is 10.0. The molecular weight excluding hydrogens is 375 g/mol. The number of carbonyl (C=O) groups is 1. The maximum absolute atomic E-state index is 14.1. The zero-order valence-corrected chi connectivity index (χ0v) is 15.2. The summed E-state index contributed by atoms with van der Waals surface area (Å²) in [5, 5.41) is 0.392. The molecule has 3 aromatic rings. The first-order chi connectivity index (χ1) is 13.0. The van der Waals surface area contributed by atoms with E-state index >= 15 is 0 Å². The lowest BCUT2D eigenvalue weighted by Gasteiger charge is -2.12.